The van der Waals surface area contributed by atoms with Gasteiger partial charge in [-0.25, -0.2) is 4.79 Å². The quantitative estimate of drug-likeness (QED) is 0.0631. The fourth-order valence-corrected chi connectivity index (χ4v) is 26.8. The molecule has 7 aliphatic heterocycles. The molecule has 7 fully saturated rings. The van der Waals surface area contributed by atoms with E-state index in [0.29, 0.717) is 50.5 Å². The minimum Gasteiger partial charge on any atom is -0.462 e. The predicted octanol–water partition coefficient (Wildman–Crippen LogP) is 13.4. The lowest BCUT2D eigenvalue weighted by Gasteiger charge is -2.53. The van der Waals surface area contributed by atoms with Crippen molar-refractivity contribution in [3.05, 3.63) is 182 Å². The maximum atomic E-state index is 15.5. The van der Waals surface area contributed by atoms with Gasteiger partial charge in [-0.2, -0.15) is 0 Å². The molecule has 5 aromatic rings. The van der Waals surface area contributed by atoms with Crippen molar-refractivity contribution in [2.45, 2.75) is 242 Å². The SMILES string of the molecule is C=C1C[C@@H]2CC(C)C(=O)CC3O[C@H]4[C@@H](O[Si](c5ccccc5)(c5ccccc5)C(C)(C)C)[C@H]5O[C@H](CC[C@@H]5O[C@H]4[C@H]3O[Si](c3ccccc3)(c3ccccc3)C(C)(C)C)CC(=O)CC3[C@H](CC4O[C@@H](CCC1O2)C[C@@H](C)C4=C)O[C@H](C[C@H](C)COC(=O)c1ccccc1)[C@@H]3C. The summed E-state index contributed by atoms with van der Waals surface area (Å²) in [5.41, 5.74) is 2.63. The van der Waals surface area contributed by atoms with Gasteiger partial charge in [0, 0.05) is 31.6 Å². The number of hydrogen-bond donors (Lipinski definition) is 0. The molecule has 12 rings (SSSR count). The summed E-state index contributed by atoms with van der Waals surface area (Å²) < 4.78 is 66.8. The molecule has 12 nitrogen and oxygen atoms in total. The highest BCUT2D eigenvalue weighted by atomic mass is 28.4. The summed E-state index contributed by atoms with van der Waals surface area (Å²) in [6.45, 7) is 31.8. The number of ether oxygens (including phenoxy) is 7. The van der Waals surface area contributed by atoms with Crippen molar-refractivity contribution >= 4 is 54.9 Å². The van der Waals surface area contributed by atoms with Crippen molar-refractivity contribution in [3.63, 3.8) is 0 Å². The highest BCUT2D eigenvalue weighted by Crippen LogP contribution is 2.50. The third-order valence-corrected chi connectivity index (χ3v) is 32.6. The van der Waals surface area contributed by atoms with E-state index in [4.69, 9.17) is 42.0 Å². The van der Waals surface area contributed by atoms with Gasteiger partial charge in [-0.3, -0.25) is 9.59 Å². The number of rotatable bonds is 13. The fraction of sp³-hybridized carbons (Fsp3) is 0.543. The number of hydrogen-bond acceptors (Lipinski definition) is 12. The van der Waals surface area contributed by atoms with E-state index in [0.717, 1.165) is 51.2 Å². The molecular weight excluding hydrogens is 1220 g/mol. The molecule has 0 amide bonds. The molecule has 0 saturated carbocycles. The van der Waals surface area contributed by atoms with Gasteiger partial charge in [-0.15, -0.1) is 0 Å². The Morgan fingerprint density at radius 3 is 1.59 bits per heavy atom. The van der Waals surface area contributed by atoms with Crippen molar-refractivity contribution in [3.8, 4) is 0 Å². The second kappa shape index (κ2) is 29.1. The van der Waals surface area contributed by atoms with E-state index >= 15 is 9.59 Å². The number of ketones is 2. The zero-order valence-corrected chi connectivity index (χ0v) is 59.9. The van der Waals surface area contributed by atoms with Crippen LogP contribution < -0.4 is 20.7 Å². The Morgan fingerprint density at radius 1 is 0.516 bits per heavy atom. The van der Waals surface area contributed by atoms with Crippen LogP contribution in [0.1, 0.15) is 157 Å². The van der Waals surface area contributed by atoms with Crippen molar-refractivity contribution in [2.75, 3.05) is 6.61 Å². The van der Waals surface area contributed by atoms with Gasteiger partial charge in [0.1, 0.15) is 42.1 Å². The number of carbonyl (C=O) groups is 3. The van der Waals surface area contributed by atoms with Crippen LogP contribution in [-0.2, 0) is 51.6 Å². The number of esters is 1. The summed E-state index contributed by atoms with van der Waals surface area (Å²) in [6, 6.07) is 51.9. The van der Waals surface area contributed by atoms with Crippen LogP contribution in [-0.4, -0.2) is 126 Å². The lowest BCUT2D eigenvalue weighted by atomic mass is 9.78. The maximum Gasteiger partial charge on any atom is 0.338 e. The topological polar surface area (TPSA) is 134 Å². The van der Waals surface area contributed by atoms with E-state index in [2.05, 4.69) is 197 Å². The summed E-state index contributed by atoms with van der Waals surface area (Å²) in [7, 11) is -6.76. The molecule has 508 valence electrons. The predicted molar refractivity (Wildman–Crippen MR) is 378 cm³/mol. The number of Topliss-reactive ketones (excluding diaryl/α,β-unsaturated/α-hetero) is 2. The molecule has 14 heteroatoms. The van der Waals surface area contributed by atoms with Crippen LogP contribution in [0.2, 0.25) is 10.1 Å². The van der Waals surface area contributed by atoms with E-state index < -0.39 is 75.5 Å². The Labute approximate surface area is 567 Å². The molecule has 5 aromatic carbocycles. The lowest BCUT2D eigenvalue weighted by Crippen LogP contribution is -2.73. The van der Waals surface area contributed by atoms with Gasteiger partial charge >= 0.3 is 5.97 Å². The van der Waals surface area contributed by atoms with Crippen molar-refractivity contribution in [1.29, 1.82) is 0 Å². The first kappa shape index (κ1) is 69.4. The Bertz CT molecular complexity index is 3350. The Balaban J connectivity index is 0.933. The molecular formula is C81H104O12Si2. The average molecular weight is 1330 g/mol. The smallest absolute Gasteiger partial charge is 0.338 e. The Kier molecular flexibility index (Phi) is 21.3. The third kappa shape index (κ3) is 14.5. The summed E-state index contributed by atoms with van der Waals surface area (Å²) in [4.78, 5) is 44.0. The molecule has 0 aromatic heterocycles. The molecule has 0 radical (unpaired) electrons. The monoisotopic (exact) mass is 1320 g/mol. The van der Waals surface area contributed by atoms with Crippen molar-refractivity contribution < 1.29 is 56.4 Å². The lowest BCUT2D eigenvalue weighted by molar-refractivity contribution is -0.254. The average Bonchev–Trinajstić information content (AvgIpc) is 1.71. The van der Waals surface area contributed by atoms with E-state index in [9.17, 15) is 4.79 Å². The molecule has 7 saturated heterocycles. The van der Waals surface area contributed by atoms with E-state index in [1.165, 1.54) is 0 Å². The van der Waals surface area contributed by atoms with Crippen LogP contribution in [0.4, 0.5) is 0 Å². The zero-order chi connectivity index (χ0) is 67.0. The molecule has 8 bridgehead atoms. The van der Waals surface area contributed by atoms with E-state index in [1.807, 2.05) is 25.1 Å². The van der Waals surface area contributed by atoms with Crippen LogP contribution in [0.3, 0.4) is 0 Å². The van der Waals surface area contributed by atoms with Crippen LogP contribution in [0.5, 0.6) is 0 Å². The molecule has 95 heavy (non-hydrogen) atoms. The van der Waals surface area contributed by atoms with Gasteiger partial charge in [-0.1, -0.05) is 222 Å². The molecule has 19 atom stereocenters. The summed E-state index contributed by atoms with van der Waals surface area (Å²) in [5, 5.41) is 3.62. The van der Waals surface area contributed by atoms with Gasteiger partial charge in [0.2, 0.25) is 0 Å². The third-order valence-electron chi connectivity index (χ3n) is 22.5. The van der Waals surface area contributed by atoms with E-state index in [-0.39, 0.29) is 103 Å². The summed E-state index contributed by atoms with van der Waals surface area (Å²) >= 11 is 0. The van der Waals surface area contributed by atoms with Crippen LogP contribution >= 0.6 is 0 Å². The molecule has 7 heterocycles. The maximum absolute atomic E-state index is 15.5. The zero-order valence-electron chi connectivity index (χ0n) is 57.9. The molecule has 5 unspecified atom stereocenters. The standard InChI is InChI=1S/C81H104O12Si2/c1-51(50-85-79(84)57-28-18-13-19-29-57)42-70-56(6)66-47-58(82)46-60-39-41-69-74(88-60)78(93-95(81(10,11)12,64-34-24-16-25-35-64)65-36-26-17-27-37-65)77-76(90-69)75(92-94(80(7,8)9,62-30-20-14-21-31-62)63-32-22-15-23-33-63)73(91-77)48-67(83)53(3)44-61-45-54(4)68(87-61)40-38-59-43-52(2)55(5)71(86-59)49-72(66)89-70/h13-37,51-53,56,59-61,66,68-78H,4-5,38-50H2,1-3,6-12H3/t51-,52+,53?,56+,59-,60+,61-,66?,68?,69-,70+,71?,72-,73?,74-,75-,76-,77+,78-/m0/s1. The molecule has 0 aliphatic carbocycles. The van der Waals surface area contributed by atoms with Crippen LogP contribution in [0, 0.1) is 29.6 Å². The number of carbonyl (C=O) groups excluding carboxylic acids is 3. The van der Waals surface area contributed by atoms with Crippen molar-refractivity contribution in [1.82, 2.24) is 0 Å². The highest BCUT2D eigenvalue weighted by Gasteiger charge is 2.65. The van der Waals surface area contributed by atoms with Gasteiger partial charge in [0.25, 0.3) is 16.6 Å². The number of benzene rings is 5. The second-order valence-corrected chi connectivity index (χ2v) is 39.8. The molecule has 0 N–H and O–H groups in total. The normalized spacial score (nSPS) is 33.1. The minimum absolute atomic E-state index is 0.00268. The Morgan fingerprint density at radius 2 is 1.02 bits per heavy atom. The number of fused-ring (bicyclic) bond motifs is 7. The van der Waals surface area contributed by atoms with Gasteiger partial charge in [0.05, 0.1) is 67.1 Å². The first-order valence-corrected chi connectivity index (χ1v) is 39.5. The highest BCUT2D eigenvalue weighted by molar-refractivity contribution is 7.00. The van der Waals surface area contributed by atoms with Crippen LogP contribution in [0.25, 0.3) is 0 Å². The largest absolute Gasteiger partial charge is 0.462 e. The first-order valence-electron chi connectivity index (χ1n) is 35.6. The van der Waals surface area contributed by atoms with E-state index in [1.54, 1.807) is 12.1 Å². The minimum atomic E-state index is -3.41. The van der Waals surface area contributed by atoms with Crippen molar-refractivity contribution in [2.24, 2.45) is 29.6 Å². The Hall–Kier alpha value is -5.50. The first-order chi connectivity index (χ1) is 45.5. The van der Waals surface area contributed by atoms with Crippen LogP contribution in [0.15, 0.2) is 176 Å². The molecule has 0 spiro atoms. The molecule has 7 aliphatic rings. The summed E-state index contributed by atoms with van der Waals surface area (Å²) in [5.74, 6) is -0.426. The fourth-order valence-electron chi connectivity index (χ4n) is 17.4. The second-order valence-electron chi connectivity index (χ2n) is 31.2. The van der Waals surface area contributed by atoms with Gasteiger partial charge < -0.3 is 42.0 Å². The summed E-state index contributed by atoms with van der Waals surface area (Å²) in [6.07, 6.45) is 0.321. The van der Waals surface area contributed by atoms with Gasteiger partial charge in [0.15, 0.2) is 0 Å². The van der Waals surface area contributed by atoms with Gasteiger partial charge in [-0.05, 0) is 129 Å².